The summed E-state index contributed by atoms with van der Waals surface area (Å²) < 4.78 is 54.2. The summed E-state index contributed by atoms with van der Waals surface area (Å²) >= 11 is 1.21. The normalized spacial score (nSPS) is 12.6. The fourth-order valence-corrected chi connectivity index (χ4v) is 5.09. The van der Waals surface area contributed by atoms with E-state index in [2.05, 4.69) is 4.98 Å². The minimum atomic E-state index is -4.28. The summed E-state index contributed by atoms with van der Waals surface area (Å²) in [6.45, 7) is 1.22. The van der Waals surface area contributed by atoms with Gasteiger partial charge in [-0.3, -0.25) is 4.79 Å². The van der Waals surface area contributed by atoms with E-state index in [0.717, 1.165) is 28.5 Å². The van der Waals surface area contributed by atoms with Crippen LogP contribution in [-0.4, -0.2) is 19.3 Å². The molecule has 0 fully saturated rings. The molecule has 9 heteroatoms. The third kappa shape index (κ3) is 4.19. The number of thiazole rings is 1. The number of sulfonamides is 1. The summed E-state index contributed by atoms with van der Waals surface area (Å²) in [7, 11) is -4.28. The molecule has 1 heterocycles. The number of hydrogen-bond acceptors (Lipinski definition) is 5. The summed E-state index contributed by atoms with van der Waals surface area (Å²) in [5.41, 5.74) is 0.520. The second-order valence-electron chi connectivity index (χ2n) is 6.85. The van der Waals surface area contributed by atoms with Gasteiger partial charge in [-0.05, 0) is 23.8 Å². The first kappa shape index (κ1) is 21.1. The van der Waals surface area contributed by atoms with Gasteiger partial charge in [0.05, 0.1) is 0 Å². The van der Waals surface area contributed by atoms with Crippen LogP contribution in [0.1, 0.15) is 28.2 Å². The summed E-state index contributed by atoms with van der Waals surface area (Å²) in [5.74, 6) is -2.74. The average Bonchev–Trinajstić information content (AvgIpc) is 3.23. The highest BCUT2D eigenvalue weighted by atomic mass is 32.2. The molecule has 5 nitrogen and oxygen atoms in total. The van der Waals surface area contributed by atoms with Gasteiger partial charge in [0, 0.05) is 22.6 Å². The van der Waals surface area contributed by atoms with Crippen molar-refractivity contribution in [3.8, 4) is 10.6 Å². The van der Waals surface area contributed by atoms with E-state index in [1.165, 1.54) is 23.6 Å². The maximum atomic E-state index is 14.0. The zero-order valence-corrected chi connectivity index (χ0v) is 17.8. The van der Waals surface area contributed by atoms with Gasteiger partial charge in [-0.15, -0.1) is 11.3 Å². The Balaban J connectivity index is 1.59. The third-order valence-corrected chi connectivity index (χ3v) is 7.39. The van der Waals surface area contributed by atoms with Crippen molar-refractivity contribution in [1.29, 1.82) is 0 Å². The molecule has 0 saturated heterocycles. The lowest BCUT2D eigenvalue weighted by molar-refractivity contribution is 0.0977. The number of carbonyl (C=O) groups is 1. The standard InChI is InChI=1S/C22H16F2N2O3S2/c1-13(16-10-9-15(23)11-19(16)24)31(28,29)26-21(27)20-12-30-22(25-20)18-8-4-6-14-5-2-3-7-17(14)18/h2-13H,1H3,(H,26,27). The smallest absolute Gasteiger partial charge is 0.266 e. The first-order valence-electron chi connectivity index (χ1n) is 9.21. The first-order valence-corrected chi connectivity index (χ1v) is 11.6. The fourth-order valence-electron chi connectivity index (χ4n) is 3.18. The number of nitrogens with one attached hydrogen (secondary N) is 1. The average molecular weight is 459 g/mol. The molecule has 0 aliphatic heterocycles. The fraction of sp³-hybridized carbons (Fsp3) is 0.0909. The van der Waals surface area contributed by atoms with Crippen molar-refractivity contribution in [2.75, 3.05) is 0 Å². The zero-order valence-electron chi connectivity index (χ0n) is 16.2. The van der Waals surface area contributed by atoms with Crippen molar-refractivity contribution >= 4 is 38.0 Å². The van der Waals surface area contributed by atoms with Gasteiger partial charge >= 0.3 is 0 Å². The van der Waals surface area contributed by atoms with Crippen molar-refractivity contribution in [2.24, 2.45) is 0 Å². The Morgan fingerprint density at radius 1 is 1.06 bits per heavy atom. The number of aromatic nitrogens is 1. The van der Waals surface area contributed by atoms with Gasteiger partial charge in [0.25, 0.3) is 5.91 Å². The molecular weight excluding hydrogens is 442 g/mol. The van der Waals surface area contributed by atoms with E-state index in [1.54, 1.807) is 0 Å². The van der Waals surface area contributed by atoms with Gasteiger partial charge < -0.3 is 0 Å². The maximum Gasteiger partial charge on any atom is 0.284 e. The van der Waals surface area contributed by atoms with E-state index in [9.17, 15) is 22.0 Å². The van der Waals surface area contributed by atoms with Gasteiger partial charge in [0.2, 0.25) is 10.0 Å². The Hall–Kier alpha value is -3.17. The van der Waals surface area contributed by atoms with E-state index in [-0.39, 0.29) is 11.3 Å². The summed E-state index contributed by atoms with van der Waals surface area (Å²) in [6, 6.07) is 16.0. The van der Waals surface area contributed by atoms with Gasteiger partial charge in [-0.25, -0.2) is 26.9 Å². The molecule has 0 spiro atoms. The number of rotatable bonds is 5. The van der Waals surface area contributed by atoms with Crippen LogP contribution in [0.3, 0.4) is 0 Å². The Morgan fingerprint density at radius 3 is 2.58 bits per heavy atom. The predicted molar refractivity (Wildman–Crippen MR) is 116 cm³/mol. The number of hydrogen-bond donors (Lipinski definition) is 1. The van der Waals surface area contributed by atoms with Crippen LogP contribution in [0.5, 0.6) is 0 Å². The summed E-state index contributed by atoms with van der Waals surface area (Å²) in [5, 5.41) is 2.59. The number of benzene rings is 3. The van der Waals surface area contributed by atoms with Crippen LogP contribution in [0, 0.1) is 11.6 Å². The Morgan fingerprint density at radius 2 is 1.81 bits per heavy atom. The van der Waals surface area contributed by atoms with Crippen LogP contribution in [0.4, 0.5) is 8.78 Å². The number of carbonyl (C=O) groups excluding carboxylic acids is 1. The lowest BCUT2D eigenvalue weighted by Gasteiger charge is -2.14. The van der Waals surface area contributed by atoms with Crippen molar-refractivity contribution in [1.82, 2.24) is 9.71 Å². The summed E-state index contributed by atoms with van der Waals surface area (Å²) in [4.78, 5) is 16.8. The first-order chi connectivity index (χ1) is 14.8. The maximum absolute atomic E-state index is 14.0. The molecule has 1 amide bonds. The second kappa shape index (κ2) is 8.16. The minimum Gasteiger partial charge on any atom is -0.266 e. The minimum absolute atomic E-state index is 0.0664. The third-order valence-electron chi connectivity index (χ3n) is 4.86. The van der Waals surface area contributed by atoms with E-state index < -0.39 is 32.8 Å². The second-order valence-corrected chi connectivity index (χ2v) is 9.71. The van der Waals surface area contributed by atoms with Crippen molar-refractivity contribution in [2.45, 2.75) is 12.2 Å². The highest BCUT2D eigenvalue weighted by Gasteiger charge is 2.28. The molecule has 158 valence electrons. The molecular formula is C22H16F2N2O3S2. The molecule has 0 bridgehead atoms. The van der Waals surface area contributed by atoms with Gasteiger partial charge in [0.1, 0.15) is 27.6 Å². The van der Waals surface area contributed by atoms with Crippen molar-refractivity contribution in [3.05, 3.63) is 88.9 Å². The quantitative estimate of drug-likeness (QED) is 0.453. The van der Waals surface area contributed by atoms with Crippen molar-refractivity contribution in [3.63, 3.8) is 0 Å². The largest absolute Gasteiger partial charge is 0.284 e. The number of fused-ring (bicyclic) bond motifs is 1. The molecule has 1 aromatic heterocycles. The molecule has 0 aliphatic carbocycles. The van der Waals surface area contributed by atoms with Crippen LogP contribution in [0.15, 0.2) is 66.0 Å². The van der Waals surface area contributed by atoms with Gasteiger partial charge in [-0.1, -0.05) is 48.5 Å². The highest BCUT2D eigenvalue weighted by Crippen LogP contribution is 2.31. The molecule has 1 atom stereocenters. The Bertz CT molecular complexity index is 1400. The van der Waals surface area contributed by atoms with Crippen LogP contribution in [0.25, 0.3) is 21.3 Å². The molecule has 1 unspecified atom stereocenters. The molecule has 31 heavy (non-hydrogen) atoms. The van der Waals surface area contributed by atoms with Crippen LogP contribution in [-0.2, 0) is 10.0 Å². The van der Waals surface area contributed by atoms with Crippen LogP contribution >= 0.6 is 11.3 Å². The van der Waals surface area contributed by atoms with E-state index in [4.69, 9.17) is 0 Å². The molecule has 0 radical (unpaired) electrons. The Labute approximate surface area is 181 Å². The molecule has 0 saturated carbocycles. The van der Waals surface area contributed by atoms with Gasteiger partial charge in [0.15, 0.2) is 0 Å². The van der Waals surface area contributed by atoms with E-state index in [0.29, 0.717) is 11.1 Å². The SMILES string of the molecule is CC(c1ccc(F)cc1F)S(=O)(=O)NC(=O)c1csc(-c2cccc3ccccc23)n1. The lowest BCUT2D eigenvalue weighted by atomic mass is 10.1. The number of amides is 1. The lowest BCUT2D eigenvalue weighted by Crippen LogP contribution is -2.34. The van der Waals surface area contributed by atoms with Crippen molar-refractivity contribution < 1.29 is 22.0 Å². The molecule has 0 aliphatic rings. The monoisotopic (exact) mass is 458 g/mol. The van der Waals surface area contributed by atoms with Crippen LogP contribution in [0.2, 0.25) is 0 Å². The van der Waals surface area contributed by atoms with Crippen LogP contribution < -0.4 is 4.72 Å². The highest BCUT2D eigenvalue weighted by molar-refractivity contribution is 7.90. The molecule has 4 aromatic rings. The van der Waals surface area contributed by atoms with E-state index >= 15 is 0 Å². The molecule has 3 aromatic carbocycles. The zero-order chi connectivity index (χ0) is 22.2. The number of nitrogens with zero attached hydrogens (tertiary/aromatic N) is 1. The predicted octanol–water partition coefficient (Wildman–Crippen LogP) is 5.06. The number of halogens is 2. The Kier molecular flexibility index (Phi) is 5.55. The topological polar surface area (TPSA) is 76.1 Å². The molecule has 1 N–H and O–H groups in total. The van der Waals surface area contributed by atoms with Gasteiger partial charge in [-0.2, -0.15) is 0 Å². The molecule has 4 rings (SSSR count). The van der Waals surface area contributed by atoms with E-state index in [1.807, 2.05) is 47.2 Å². The summed E-state index contributed by atoms with van der Waals surface area (Å²) in [6.07, 6.45) is 0.